The predicted octanol–water partition coefficient (Wildman–Crippen LogP) is 6.57. The van der Waals surface area contributed by atoms with Crippen LogP contribution in [0.3, 0.4) is 0 Å². The number of hydrogen-bond acceptors (Lipinski definition) is 5. The molecule has 3 aliphatic rings. The van der Waals surface area contributed by atoms with Crippen molar-refractivity contribution >= 4 is 50.1 Å². The van der Waals surface area contributed by atoms with Gasteiger partial charge in [-0.05, 0) is 54.9 Å². The van der Waals surface area contributed by atoms with Gasteiger partial charge in [-0.1, -0.05) is 40.2 Å². The first-order chi connectivity index (χ1) is 17.7. The van der Waals surface area contributed by atoms with E-state index >= 15 is 0 Å². The van der Waals surface area contributed by atoms with Crippen LogP contribution < -0.4 is 15.1 Å². The monoisotopic (exact) mass is 569 g/mol. The Morgan fingerprint density at radius 2 is 1.57 bits per heavy atom. The molecule has 3 fully saturated rings. The quantitative estimate of drug-likeness (QED) is 0.385. The molecule has 3 heterocycles. The van der Waals surface area contributed by atoms with Crippen LogP contribution in [0.15, 0.2) is 40.9 Å². The maximum atomic E-state index is 13.9. The van der Waals surface area contributed by atoms with E-state index in [0.717, 1.165) is 46.9 Å². The van der Waals surface area contributed by atoms with Crippen LogP contribution in [-0.4, -0.2) is 48.0 Å². The number of benzene rings is 2. The highest BCUT2D eigenvalue weighted by atomic mass is 79.9. The molecule has 6 rings (SSSR count). The standard InChI is InChI=1S/C28H30BrF2N5O/c1-18-16-23(34-26(32-18)36-14-10-28(30,31)11-15-36)33-25(37)24-20-5-3-2-4-19(20)21(29)17-22(24)35-12-8-27(6-7-27)9-13-35/h2-5,16-17H,6-15H2,1H3,(H,32,33,34,37). The minimum absolute atomic E-state index is 0.182. The first-order valence-electron chi connectivity index (χ1n) is 13.0. The molecule has 1 spiro atoms. The van der Waals surface area contributed by atoms with E-state index in [1.165, 1.54) is 12.8 Å². The van der Waals surface area contributed by atoms with Crippen LogP contribution in [0.4, 0.5) is 26.2 Å². The molecule has 1 saturated carbocycles. The predicted molar refractivity (Wildman–Crippen MR) is 146 cm³/mol. The second kappa shape index (κ2) is 9.19. The zero-order chi connectivity index (χ0) is 25.8. The van der Waals surface area contributed by atoms with Crippen LogP contribution >= 0.6 is 15.9 Å². The fourth-order valence-electron chi connectivity index (χ4n) is 5.68. The summed E-state index contributed by atoms with van der Waals surface area (Å²) in [4.78, 5) is 27.0. The Morgan fingerprint density at radius 3 is 2.24 bits per heavy atom. The van der Waals surface area contributed by atoms with Gasteiger partial charge in [-0.15, -0.1) is 0 Å². The lowest BCUT2D eigenvalue weighted by Crippen LogP contribution is -2.40. The Morgan fingerprint density at radius 1 is 0.919 bits per heavy atom. The molecular weight excluding hydrogens is 540 g/mol. The molecule has 1 amide bonds. The van der Waals surface area contributed by atoms with Crippen LogP contribution in [0.5, 0.6) is 0 Å². The molecule has 1 aliphatic carbocycles. The second-order valence-electron chi connectivity index (χ2n) is 10.8. The molecule has 2 saturated heterocycles. The van der Waals surface area contributed by atoms with Crippen molar-refractivity contribution in [3.63, 3.8) is 0 Å². The number of anilines is 3. The van der Waals surface area contributed by atoms with E-state index in [-0.39, 0.29) is 31.8 Å². The summed E-state index contributed by atoms with van der Waals surface area (Å²) >= 11 is 3.73. The Labute approximate surface area is 223 Å². The van der Waals surface area contributed by atoms with Crippen molar-refractivity contribution in [1.29, 1.82) is 0 Å². The number of nitrogens with zero attached hydrogens (tertiary/aromatic N) is 4. The number of alkyl halides is 2. The van der Waals surface area contributed by atoms with Crippen LogP contribution in [0.2, 0.25) is 0 Å². The van der Waals surface area contributed by atoms with Gasteiger partial charge in [-0.25, -0.2) is 13.8 Å². The molecule has 2 aliphatic heterocycles. The van der Waals surface area contributed by atoms with Gasteiger partial charge in [0.1, 0.15) is 5.82 Å². The van der Waals surface area contributed by atoms with Crippen LogP contribution in [0.1, 0.15) is 54.6 Å². The lowest BCUT2D eigenvalue weighted by molar-refractivity contribution is -0.0222. The molecule has 0 atom stereocenters. The minimum atomic E-state index is -2.65. The average Bonchev–Trinajstić information content (AvgIpc) is 3.62. The summed E-state index contributed by atoms with van der Waals surface area (Å²) in [6, 6.07) is 11.7. The summed E-state index contributed by atoms with van der Waals surface area (Å²) in [7, 11) is 0. The van der Waals surface area contributed by atoms with Gasteiger partial charge < -0.3 is 15.1 Å². The molecule has 9 heteroatoms. The van der Waals surface area contributed by atoms with E-state index in [9.17, 15) is 13.6 Å². The van der Waals surface area contributed by atoms with Crippen LogP contribution in [0, 0.1) is 12.3 Å². The zero-order valence-corrected chi connectivity index (χ0v) is 22.5. The topological polar surface area (TPSA) is 61.4 Å². The molecule has 194 valence electrons. The fraction of sp³-hybridized carbons (Fsp3) is 0.464. The summed E-state index contributed by atoms with van der Waals surface area (Å²) in [6.07, 6.45) is 4.50. The van der Waals surface area contributed by atoms with Gasteiger partial charge in [-0.2, -0.15) is 4.98 Å². The first kappa shape index (κ1) is 24.5. The smallest absolute Gasteiger partial charge is 0.259 e. The molecule has 37 heavy (non-hydrogen) atoms. The number of halogens is 3. The van der Waals surface area contributed by atoms with E-state index in [4.69, 9.17) is 0 Å². The van der Waals surface area contributed by atoms with Gasteiger partial charge in [0.15, 0.2) is 0 Å². The van der Waals surface area contributed by atoms with Crippen molar-refractivity contribution in [1.82, 2.24) is 9.97 Å². The SMILES string of the molecule is Cc1cc(NC(=O)c2c(N3CCC4(CC3)CC4)cc(Br)c3ccccc23)nc(N2CCC(F)(F)CC2)n1. The van der Waals surface area contributed by atoms with Crippen molar-refractivity contribution in [3.05, 3.63) is 52.1 Å². The Kier molecular flexibility index (Phi) is 6.09. The van der Waals surface area contributed by atoms with Crippen LogP contribution in [-0.2, 0) is 0 Å². The fourth-order valence-corrected chi connectivity index (χ4v) is 6.24. The van der Waals surface area contributed by atoms with Crippen molar-refractivity contribution < 1.29 is 13.6 Å². The number of piperidine rings is 2. The van der Waals surface area contributed by atoms with Crippen LogP contribution in [0.25, 0.3) is 10.8 Å². The summed E-state index contributed by atoms with van der Waals surface area (Å²) in [5.74, 6) is -2.14. The second-order valence-corrected chi connectivity index (χ2v) is 11.6. The number of carbonyl (C=O) groups is 1. The van der Waals surface area contributed by atoms with Gasteiger partial charge in [0.2, 0.25) is 5.95 Å². The van der Waals surface area contributed by atoms with E-state index in [1.807, 2.05) is 31.2 Å². The van der Waals surface area contributed by atoms with Gasteiger partial charge in [-0.3, -0.25) is 4.79 Å². The third-order valence-electron chi connectivity index (χ3n) is 8.18. The number of amides is 1. The molecule has 3 aromatic rings. The minimum Gasteiger partial charge on any atom is -0.371 e. The normalized spacial score (nSPS) is 20.3. The highest BCUT2D eigenvalue weighted by Gasteiger charge is 2.44. The van der Waals surface area contributed by atoms with Gasteiger partial charge in [0.25, 0.3) is 11.8 Å². The van der Waals surface area contributed by atoms with Crippen molar-refractivity contribution in [2.24, 2.45) is 5.41 Å². The highest BCUT2D eigenvalue weighted by molar-refractivity contribution is 9.10. The Bertz CT molecular complexity index is 1360. The summed E-state index contributed by atoms with van der Waals surface area (Å²) in [5, 5.41) is 4.86. The van der Waals surface area contributed by atoms with E-state index in [2.05, 4.69) is 42.2 Å². The summed E-state index contributed by atoms with van der Waals surface area (Å²) in [5.41, 5.74) is 2.74. The molecule has 0 bridgehead atoms. The van der Waals surface area contributed by atoms with Crippen molar-refractivity contribution in [2.45, 2.75) is 51.4 Å². The molecule has 2 aromatic carbocycles. The number of fused-ring (bicyclic) bond motifs is 1. The Balaban J connectivity index is 1.33. The van der Waals surface area contributed by atoms with Gasteiger partial charge in [0.05, 0.1) is 11.3 Å². The van der Waals surface area contributed by atoms with Gasteiger partial charge in [0, 0.05) is 55.3 Å². The lowest BCUT2D eigenvalue weighted by Gasteiger charge is -2.35. The number of aromatic nitrogens is 2. The number of rotatable bonds is 4. The van der Waals surface area contributed by atoms with Crippen molar-refractivity contribution in [2.75, 3.05) is 41.3 Å². The molecule has 0 unspecified atom stereocenters. The number of hydrogen-bond donors (Lipinski definition) is 1. The van der Waals surface area contributed by atoms with E-state index in [1.54, 1.807) is 11.0 Å². The first-order valence-corrected chi connectivity index (χ1v) is 13.8. The largest absolute Gasteiger partial charge is 0.371 e. The van der Waals surface area contributed by atoms with Gasteiger partial charge >= 0.3 is 0 Å². The van der Waals surface area contributed by atoms with E-state index in [0.29, 0.717) is 28.4 Å². The molecule has 0 radical (unpaired) electrons. The highest BCUT2D eigenvalue weighted by Crippen LogP contribution is 2.54. The number of nitrogens with one attached hydrogen (secondary N) is 1. The number of carbonyl (C=O) groups excluding carboxylic acids is 1. The average molecular weight is 570 g/mol. The summed E-state index contributed by atoms with van der Waals surface area (Å²) < 4.78 is 28.3. The Hall–Kier alpha value is -2.81. The molecular formula is C28H30BrF2N5O. The zero-order valence-electron chi connectivity index (χ0n) is 20.9. The van der Waals surface area contributed by atoms with E-state index < -0.39 is 5.92 Å². The maximum absolute atomic E-state index is 13.9. The molecule has 6 nitrogen and oxygen atoms in total. The third kappa shape index (κ3) is 4.90. The summed E-state index contributed by atoms with van der Waals surface area (Å²) in [6.45, 7) is 4.05. The molecule has 1 N–H and O–H groups in total. The lowest BCUT2D eigenvalue weighted by atomic mass is 9.92. The maximum Gasteiger partial charge on any atom is 0.259 e. The molecule has 1 aromatic heterocycles. The third-order valence-corrected chi connectivity index (χ3v) is 8.84. The number of aryl methyl sites for hydroxylation is 1. The van der Waals surface area contributed by atoms with Crippen molar-refractivity contribution in [3.8, 4) is 0 Å².